The third-order valence-corrected chi connectivity index (χ3v) is 3.12. The van der Waals surface area contributed by atoms with Crippen molar-refractivity contribution in [2.45, 2.75) is 32.6 Å². The minimum atomic E-state index is 1.05. The molecule has 0 aromatic rings. The second-order valence-corrected chi connectivity index (χ2v) is 4.51. The first kappa shape index (κ1) is 14.2. The van der Waals surface area contributed by atoms with Gasteiger partial charge in [-0.15, -0.1) is 6.58 Å². The van der Waals surface area contributed by atoms with Gasteiger partial charge in [0.15, 0.2) is 0 Å². The molecule has 0 saturated carbocycles. The molecule has 1 aliphatic heterocycles. The molecule has 0 atom stereocenters. The molecule has 2 nitrogen and oxygen atoms in total. The predicted molar refractivity (Wildman–Crippen MR) is 76.0 cm³/mol. The summed E-state index contributed by atoms with van der Waals surface area (Å²) in [6.45, 7) is 10.5. The standard InChI is InChI=1S/C15H26N2/c1-3-5-6-7-9-15(4-2)10-13-17-12-8-11-16-14-17/h3-4,7,9,16H,1,5-6,8,10-14H2,2H3/b9-7-,15-4+. The summed E-state index contributed by atoms with van der Waals surface area (Å²) in [4.78, 5) is 2.49. The molecule has 1 rings (SSSR count). The van der Waals surface area contributed by atoms with Crippen LogP contribution in [-0.4, -0.2) is 31.2 Å². The first-order valence-corrected chi connectivity index (χ1v) is 6.72. The Balaban J connectivity index is 2.22. The van der Waals surface area contributed by atoms with Gasteiger partial charge in [-0.05, 0) is 39.2 Å². The molecule has 96 valence electrons. The minimum absolute atomic E-state index is 1.05. The fourth-order valence-corrected chi connectivity index (χ4v) is 1.99. The maximum atomic E-state index is 3.73. The molecule has 1 N–H and O–H groups in total. The molecular formula is C15H26N2. The number of unbranched alkanes of at least 4 members (excludes halogenated alkanes) is 1. The Kier molecular flexibility index (Phi) is 7.69. The van der Waals surface area contributed by atoms with E-state index in [0.29, 0.717) is 0 Å². The lowest BCUT2D eigenvalue weighted by molar-refractivity contribution is 0.218. The summed E-state index contributed by atoms with van der Waals surface area (Å²) in [6.07, 6.45) is 13.3. The quantitative estimate of drug-likeness (QED) is 0.414. The topological polar surface area (TPSA) is 15.3 Å². The van der Waals surface area contributed by atoms with E-state index in [1.165, 1.54) is 31.6 Å². The van der Waals surface area contributed by atoms with Gasteiger partial charge in [0.2, 0.25) is 0 Å². The second-order valence-electron chi connectivity index (χ2n) is 4.51. The lowest BCUT2D eigenvalue weighted by Gasteiger charge is -2.27. The van der Waals surface area contributed by atoms with Crippen LogP contribution in [0.2, 0.25) is 0 Å². The third-order valence-electron chi connectivity index (χ3n) is 3.12. The largest absolute Gasteiger partial charge is 0.304 e. The monoisotopic (exact) mass is 234 g/mol. The first-order valence-electron chi connectivity index (χ1n) is 6.72. The van der Waals surface area contributed by atoms with Gasteiger partial charge in [0.1, 0.15) is 0 Å². The van der Waals surface area contributed by atoms with Crippen LogP contribution in [0.25, 0.3) is 0 Å². The molecule has 1 saturated heterocycles. The summed E-state index contributed by atoms with van der Waals surface area (Å²) in [5.74, 6) is 0. The molecule has 0 unspecified atom stereocenters. The maximum Gasteiger partial charge on any atom is 0.0480 e. The zero-order valence-electron chi connectivity index (χ0n) is 11.1. The fraction of sp³-hybridized carbons (Fsp3) is 0.600. The average molecular weight is 234 g/mol. The Hall–Kier alpha value is -0.860. The van der Waals surface area contributed by atoms with Gasteiger partial charge < -0.3 is 5.32 Å². The molecule has 1 aliphatic rings. The Morgan fingerprint density at radius 2 is 2.29 bits per heavy atom. The summed E-state index contributed by atoms with van der Waals surface area (Å²) in [5, 5.41) is 3.41. The van der Waals surface area contributed by atoms with Crippen LogP contribution in [0.1, 0.15) is 32.6 Å². The van der Waals surface area contributed by atoms with Gasteiger partial charge in [-0.1, -0.05) is 29.9 Å². The number of hydrogen-bond donors (Lipinski definition) is 1. The van der Waals surface area contributed by atoms with Crippen LogP contribution in [-0.2, 0) is 0 Å². The van der Waals surface area contributed by atoms with E-state index in [2.05, 4.69) is 41.9 Å². The van der Waals surface area contributed by atoms with E-state index < -0.39 is 0 Å². The van der Waals surface area contributed by atoms with Crippen molar-refractivity contribution >= 4 is 0 Å². The molecule has 0 aliphatic carbocycles. The summed E-state index contributed by atoms with van der Waals surface area (Å²) in [5.41, 5.74) is 1.44. The van der Waals surface area contributed by atoms with Gasteiger partial charge in [-0.2, -0.15) is 0 Å². The van der Waals surface area contributed by atoms with Crippen molar-refractivity contribution in [2.75, 3.05) is 26.3 Å². The van der Waals surface area contributed by atoms with Gasteiger partial charge in [0, 0.05) is 19.8 Å². The third kappa shape index (κ3) is 6.44. The zero-order chi connectivity index (χ0) is 12.3. The molecule has 0 bridgehead atoms. The molecule has 0 aromatic heterocycles. The van der Waals surface area contributed by atoms with Crippen LogP contribution in [0.3, 0.4) is 0 Å². The number of allylic oxidation sites excluding steroid dienone is 4. The van der Waals surface area contributed by atoms with Gasteiger partial charge in [-0.3, -0.25) is 4.90 Å². The summed E-state index contributed by atoms with van der Waals surface area (Å²) >= 11 is 0. The molecule has 0 aromatic carbocycles. The fourth-order valence-electron chi connectivity index (χ4n) is 1.99. The van der Waals surface area contributed by atoms with Crippen molar-refractivity contribution in [3.05, 3.63) is 36.5 Å². The van der Waals surface area contributed by atoms with E-state index in [0.717, 1.165) is 25.9 Å². The van der Waals surface area contributed by atoms with Gasteiger partial charge >= 0.3 is 0 Å². The molecule has 2 heteroatoms. The highest BCUT2D eigenvalue weighted by Gasteiger charge is 2.08. The predicted octanol–water partition coefficient (Wildman–Crippen LogP) is 3.10. The Bertz CT molecular complexity index is 260. The highest BCUT2D eigenvalue weighted by molar-refractivity contribution is 5.18. The Morgan fingerprint density at radius 3 is 2.94 bits per heavy atom. The molecule has 0 radical (unpaired) electrons. The second kappa shape index (κ2) is 9.20. The van der Waals surface area contributed by atoms with Crippen LogP contribution in [0.5, 0.6) is 0 Å². The smallest absolute Gasteiger partial charge is 0.0480 e. The molecule has 1 heterocycles. The zero-order valence-corrected chi connectivity index (χ0v) is 11.1. The number of hydrogen-bond acceptors (Lipinski definition) is 2. The molecule has 0 amide bonds. The van der Waals surface area contributed by atoms with Crippen molar-refractivity contribution in [1.82, 2.24) is 10.2 Å². The van der Waals surface area contributed by atoms with Crippen molar-refractivity contribution in [1.29, 1.82) is 0 Å². The van der Waals surface area contributed by atoms with Gasteiger partial charge in [0.05, 0.1) is 0 Å². The van der Waals surface area contributed by atoms with Crippen molar-refractivity contribution in [3.63, 3.8) is 0 Å². The summed E-state index contributed by atoms with van der Waals surface area (Å²) in [6, 6.07) is 0. The summed E-state index contributed by atoms with van der Waals surface area (Å²) < 4.78 is 0. The molecule has 17 heavy (non-hydrogen) atoms. The van der Waals surface area contributed by atoms with Crippen molar-refractivity contribution < 1.29 is 0 Å². The van der Waals surface area contributed by atoms with E-state index in [1.54, 1.807) is 0 Å². The Morgan fingerprint density at radius 1 is 1.41 bits per heavy atom. The highest BCUT2D eigenvalue weighted by Crippen LogP contribution is 2.07. The van der Waals surface area contributed by atoms with Crippen LogP contribution in [0.4, 0.5) is 0 Å². The molecule has 1 fully saturated rings. The minimum Gasteiger partial charge on any atom is -0.304 e. The number of rotatable bonds is 7. The van der Waals surface area contributed by atoms with Gasteiger partial charge in [0.25, 0.3) is 0 Å². The van der Waals surface area contributed by atoms with E-state index in [9.17, 15) is 0 Å². The lowest BCUT2D eigenvalue weighted by atomic mass is 10.1. The molecule has 0 spiro atoms. The number of nitrogens with one attached hydrogen (secondary N) is 1. The normalized spacial score (nSPS) is 18.8. The van der Waals surface area contributed by atoms with Crippen LogP contribution in [0, 0.1) is 0 Å². The SMILES string of the molecule is C=CCC/C=C\C(=C/C)CCN1CCCNC1. The van der Waals surface area contributed by atoms with Gasteiger partial charge in [-0.25, -0.2) is 0 Å². The van der Waals surface area contributed by atoms with Crippen molar-refractivity contribution in [2.24, 2.45) is 0 Å². The van der Waals surface area contributed by atoms with E-state index in [-0.39, 0.29) is 0 Å². The number of nitrogens with zero attached hydrogens (tertiary/aromatic N) is 1. The average Bonchev–Trinajstić information content (AvgIpc) is 2.39. The lowest BCUT2D eigenvalue weighted by Crippen LogP contribution is -2.41. The highest BCUT2D eigenvalue weighted by atomic mass is 15.2. The van der Waals surface area contributed by atoms with Crippen molar-refractivity contribution in [3.8, 4) is 0 Å². The maximum absolute atomic E-state index is 3.73. The van der Waals surface area contributed by atoms with E-state index in [4.69, 9.17) is 0 Å². The van der Waals surface area contributed by atoms with Crippen LogP contribution in [0.15, 0.2) is 36.5 Å². The van der Waals surface area contributed by atoms with E-state index >= 15 is 0 Å². The van der Waals surface area contributed by atoms with E-state index in [1.807, 2.05) is 6.08 Å². The van der Waals surface area contributed by atoms with Crippen LogP contribution >= 0.6 is 0 Å². The Labute approximate surface area is 106 Å². The summed E-state index contributed by atoms with van der Waals surface area (Å²) in [7, 11) is 0. The van der Waals surface area contributed by atoms with Crippen LogP contribution < -0.4 is 5.32 Å². The first-order chi connectivity index (χ1) is 8.36. The molecular weight excluding hydrogens is 208 g/mol.